The molecular weight excluding hydrogens is 419 g/mol. The van der Waals surface area contributed by atoms with Crippen LogP contribution in [0.5, 0.6) is 0 Å². The zero-order chi connectivity index (χ0) is 23.6. The van der Waals surface area contributed by atoms with Crippen molar-refractivity contribution in [1.82, 2.24) is 14.8 Å². The molecule has 0 bridgehead atoms. The summed E-state index contributed by atoms with van der Waals surface area (Å²) < 4.78 is 21.1. The molecule has 1 aromatic carbocycles. The molecule has 1 N–H and O–H groups in total. The predicted octanol–water partition coefficient (Wildman–Crippen LogP) is 4.98. The van der Waals surface area contributed by atoms with Gasteiger partial charge < -0.3 is 14.6 Å². The van der Waals surface area contributed by atoms with Gasteiger partial charge in [-0.25, -0.2) is 9.18 Å². The number of amides is 1. The first-order chi connectivity index (χ1) is 15.7. The SMILES string of the molecule is CC(C)(C)OC(=O)N[C@@H]1CCCN(C2CC(c3ccc(F)cc3)CC2n2ccc(C#N)c2)C1. The molecule has 1 amide bonds. The molecular formula is C26H33FN4O2. The van der Waals surface area contributed by atoms with Crippen molar-refractivity contribution in [3.63, 3.8) is 0 Å². The van der Waals surface area contributed by atoms with Gasteiger partial charge in [0.2, 0.25) is 0 Å². The van der Waals surface area contributed by atoms with Crippen molar-refractivity contribution >= 4 is 6.09 Å². The molecule has 2 aliphatic rings. The Hall–Kier alpha value is -2.85. The molecule has 1 aromatic heterocycles. The van der Waals surface area contributed by atoms with Crippen LogP contribution in [0.2, 0.25) is 0 Å². The van der Waals surface area contributed by atoms with Crippen molar-refractivity contribution in [1.29, 1.82) is 5.26 Å². The zero-order valence-corrected chi connectivity index (χ0v) is 19.6. The maximum atomic E-state index is 13.5. The van der Waals surface area contributed by atoms with E-state index in [0.29, 0.717) is 11.5 Å². The number of alkyl carbamates (subject to hydrolysis) is 1. The minimum absolute atomic E-state index is 0.0402. The number of carbonyl (C=O) groups excluding carboxylic acids is 1. The molecule has 1 saturated carbocycles. The van der Waals surface area contributed by atoms with Gasteiger partial charge in [-0.05, 0) is 82.7 Å². The van der Waals surface area contributed by atoms with Crippen LogP contribution >= 0.6 is 0 Å². The van der Waals surface area contributed by atoms with Gasteiger partial charge in [-0.1, -0.05) is 12.1 Å². The summed E-state index contributed by atoms with van der Waals surface area (Å²) in [5, 5.41) is 12.4. The smallest absolute Gasteiger partial charge is 0.407 e. The minimum Gasteiger partial charge on any atom is -0.444 e. The molecule has 7 heteroatoms. The van der Waals surface area contributed by atoms with Crippen molar-refractivity contribution in [3.8, 4) is 6.07 Å². The highest BCUT2D eigenvalue weighted by Gasteiger charge is 2.41. The molecule has 1 saturated heterocycles. The summed E-state index contributed by atoms with van der Waals surface area (Å²) in [6, 6.07) is 11.4. The molecule has 4 atom stereocenters. The molecule has 2 fully saturated rings. The van der Waals surface area contributed by atoms with Crippen molar-refractivity contribution in [2.75, 3.05) is 13.1 Å². The third-order valence-corrected chi connectivity index (χ3v) is 6.71. The number of benzene rings is 1. The number of carbonyl (C=O) groups is 1. The van der Waals surface area contributed by atoms with E-state index in [4.69, 9.17) is 4.74 Å². The Morgan fingerprint density at radius 1 is 1.18 bits per heavy atom. The van der Waals surface area contributed by atoms with E-state index in [1.165, 1.54) is 12.1 Å². The molecule has 2 aromatic rings. The highest BCUT2D eigenvalue weighted by atomic mass is 19.1. The van der Waals surface area contributed by atoms with E-state index in [0.717, 1.165) is 44.3 Å². The monoisotopic (exact) mass is 452 g/mol. The average Bonchev–Trinajstić information content (AvgIpc) is 3.40. The maximum Gasteiger partial charge on any atom is 0.407 e. The number of nitrogens with one attached hydrogen (secondary N) is 1. The number of nitrogens with zero attached hydrogens (tertiary/aromatic N) is 3. The van der Waals surface area contributed by atoms with Crippen molar-refractivity contribution in [2.45, 2.75) is 76.1 Å². The van der Waals surface area contributed by atoms with E-state index < -0.39 is 5.60 Å². The minimum atomic E-state index is -0.524. The van der Waals surface area contributed by atoms with Crippen LogP contribution in [0.1, 0.15) is 69.5 Å². The van der Waals surface area contributed by atoms with E-state index in [1.54, 1.807) is 0 Å². The van der Waals surface area contributed by atoms with Crippen LogP contribution in [-0.4, -0.2) is 46.3 Å². The maximum absolute atomic E-state index is 13.5. The number of halogens is 1. The van der Waals surface area contributed by atoms with Gasteiger partial charge in [0.15, 0.2) is 0 Å². The lowest BCUT2D eigenvalue weighted by molar-refractivity contribution is 0.0444. The number of hydrogen-bond acceptors (Lipinski definition) is 4. The van der Waals surface area contributed by atoms with Crippen LogP contribution in [0.25, 0.3) is 0 Å². The predicted molar refractivity (Wildman–Crippen MR) is 124 cm³/mol. The highest BCUT2D eigenvalue weighted by Crippen LogP contribution is 2.44. The lowest BCUT2D eigenvalue weighted by Crippen LogP contribution is -2.52. The zero-order valence-electron chi connectivity index (χ0n) is 19.6. The largest absolute Gasteiger partial charge is 0.444 e. The number of hydrogen-bond donors (Lipinski definition) is 1. The molecule has 1 aliphatic heterocycles. The van der Waals surface area contributed by atoms with Crippen molar-refractivity contribution in [3.05, 3.63) is 59.7 Å². The standard InChI is InChI=1S/C26H33FN4O2/c1-26(2,3)33-25(32)29-22-5-4-11-30(17-22)23-13-20(19-6-8-21(27)9-7-19)14-24(23)31-12-10-18(15-28)16-31/h6-10,12,16,20,22-24H,4-5,11,13-14,17H2,1-3H3,(H,29,32)/t20?,22-,23?,24?/m1/s1. The van der Waals surface area contributed by atoms with Gasteiger partial charge in [0.05, 0.1) is 5.56 Å². The van der Waals surface area contributed by atoms with Crippen molar-refractivity contribution in [2.24, 2.45) is 0 Å². The number of rotatable bonds is 4. The Balaban J connectivity index is 1.51. The molecule has 176 valence electrons. The van der Waals surface area contributed by atoms with E-state index >= 15 is 0 Å². The third kappa shape index (κ3) is 5.75. The Bertz CT molecular complexity index is 1000. The summed E-state index contributed by atoms with van der Waals surface area (Å²) in [5.41, 5.74) is 1.28. The summed E-state index contributed by atoms with van der Waals surface area (Å²) in [6.07, 6.45) is 7.35. The van der Waals surface area contributed by atoms with Crippen LogP contribution in [0, 0.1) is 17.1 Å². The Morgan fingerprint density at radius 3 is 2.58 bits per heavy atom. The second kappa shape index (κ2) is 9.56. The number of piperidine rings is 1. The Labute approximate surface area is 195 Å². The normalized spacial score (nSPS) is 26.0. The van der Waals surface area contributed by atoms with E-state index in [2.05, 4.69) is 20.9 Å². The van der Waals surface area contributed by atoms with Crippen molar-refractivity contribution < 1.29 is 13.9 Å². The molecule has 3 unspecified atom stereocenters. The van der Waals surface area contributed by atoms with Gasteiger partial charge in [0, 0.05) is 37.1 Å². The fourth-order valence-corrected chi connectivity index (χ4v) is 5.30. The lowest BCUT2D eigenvalue weighted by Gasteiger charge is -2.39. The van der Waals surface area contributed by atoms with Crippen LogP contribution < -0.4 is 5.32 Å². The molecule has 0 radical (unpaired) electrons. The first-order valence-electron chi connectivity index (χ1n) is 11.8. The van der Waals surface area contributed by atoms with Gasteiger partial charge in [0.1, 0.15) is 17.5 Å². The number of likely N-dealkylation sites (tertiary alicyclic amines) is 1. The molecule has 1 aliphatic carbocycles. The quantitative estimate of drug-likeness (QED) is 0.711. The topological polar surface area (TPSA) is 70.3 Å². The van der Waals surface area contributed by atoms with Gasteiger partial charge in [-0.15, -0.1) is 0 Å². The fraction of sp³-hybridized carbons (Fsp3) is 0.538. The summed E-state index contributed by atoms with van der Waals surface area (Å²) in [4.78, 5) is 14.8. The van der Waals surface area contributed by atoms with Crippen LogP contribution in [0.15, 0.2) is 42.7 Å². The van der Waals surface area contributed by atoms with E-state index in [1.807, 2.05) is 51.4 Å². The molecule has 33 heavy (non-hydrogen) atoms. The van der Waals surface area contributed by atoms with Gasteiger partial charge in [0.25, 0.3) is 0 Å². The summed E-state index contributed by atoms with van der Waals surface area (Å²) in [7, 11) is 0. The lowest BCUT2D eigenvalue weighted by atomic mass is 9.97. The first-order valence-corrected chi connectivity index (χ1v) is 11.8. The summed E-state index contributed by atoms with van der Waals surface area (Å²) in [6.45, 7) is 7.33. The second-order valence-electron chi connectivity index (χ2n) is 10.3. The molecule has 6 nitrogen and oxygen atoms in total. The van der Waals surface area contributed by atoms with E-state index in [9.17, 15) is 14.4 Å². The summed E-state index contributed by atoms with van der Waals surface area (Å²) in [5.74, 6) is 0.0914. The van der Waals surface area contributed by atoms with Crippen LogP contribution in [0.3, 0.4) is 0 Å². The second-order valence-corrected chi connectivity index (χ2v) is 10.3. The Morgan fingerprint density at radius 2 is 1.91 bits per heavy atom. The number of aromatic nitrogens is 1. The molecule has 2 heterocycles. The number of ether oxygens (including phenoxy) is 1. The summed E-state index contributed by atoms with van der Waals surface area (Å²) >= 11 is 0. The third-order valence-electron chi connectivity index (χ3n) is 6.71. The number of nitriles is 1. The van der Waals surface area contributed by atoms with Crippen LogP contribution in [-0.2, 0) is 4.74 Å². The fourth-order valence-electron chi connectivity index (χ4n) is 5.30. The molecule has 4 rings (SSSR count). The molecule has 0 spiro atoms. The van der Waals surface area contributed by atoms with Gasteiger partial charge in [-0.2, -0.15) is 5.26 Å². The average molecular weight is 453 g/mol. The van der Waals surface area contributed by atoms with Gasteiger partial charge >= 0.3 is 6.09 Å². The van der Waals surface area contributed by atoms with E-state index in [-0.39, 0.29) is 30.0 Å². The highest BCUT2D eigenvalue weighted by molar-refractivity contribution is 5.68. The van der Waals surface area contributed by atoms with Crippen LogP contribution in [0.4, 0.5) is 9.18 Å². The van der Waals surface area contributed by atoms with Gasteiger partial charge in [-0.3, -0.25) is 4.90 Å². The first kappa shape index (κ1) is 23.3. The Kier molecular flexibility index (Phi) is 6.76.